The van der Waals surface area contributed by atoms with Crippen molar-refractivity contribution in [1.29, 1.82) is 0 Å². The quantitative estimate of drug-likeness (QED) is 0.586. The molecule has 2 aromatic carbocycles. The lowest BCUT2D eigenvalue weighted by Crippen LogP contribution is -2.20. The van der Waals surface area contributed by atoms with Gasteiger partial charge in [-0.2, -0.15) is 0 Å². The smallest absolute Gasteiger partial charge is 0.323 e. The molecule has 1 heterocycles. The third kappa shape index (κ3) is 3.19. The molecule has 0 aliphatic carbocycles. The van der Waals surface area contributed by atoms with Gasteiger partial charge < -0.3 is 16.0 Å². The van der Waals surface area contributed by atoms with Gasteiger partial charge in [0.1, 0.15) is 5.69 Å². The molecule has 0 fully saturated rings. The van der Waals surface area contributed by atoms with Gasteiger partial charge in [-0.05, 0) is 42.3 Å². The Kier molecular flexibility index (Phi) is 3.91. The van der Waals surface area contributed by atoms with Crippen LogP contribution in [0.4, 0.5) is 27.5 Å². The summed E-state index contributed by atoms with van der Waals surface area (Å²) in [6.45, 7) is 5.67. The second-order valence-corrected chi connectivity index (χ2v) is 5.63. The number of nitro groups is 1. The van der Waals surface area contributed by atoms with Crippen molar-refractivity contribution in [3.8, 4) is 0 Å². The van der Waals surface area contributed by atoms with Crippen molar-refractivity contribution in [2.45, 2.75) is 13.3 Å². The van der Waals surface area contributed by atoms with Crippen molar-refractivity contribution in [2.75, 3.05) is 16.0 Å². The van der Waals surface area contributed by atoms with Gasteiger partial charge >= 0.3 is 6.03 Å². The standard InChI is InChI=1S/C17H16N4O3/c1-10-3-6-16(21(23)24)15(7-10)20-17(22)19-13-4-5-14-12(9-13)8-11(2)18-14/h3-7,9,18H,2,8H2,1H3,(H2,19,20,22). The Balaban J connectivity index is 1.75. The van der Waals surface area contributed by atoms with Gasteiger partial charge in [-0.25, -0.2) is 4.79 Å². The molecule has 0 spiro atoms. The highest BCUT2D eigenvalue weighted by molar-refractivity contribution is 6.01. The normalized spacial score (nSPS) is 12.3. The molecule has 1 aliphatic heterocycles. The molecule has 122 valence electrons. The first-order valence-corrected chi connectivity index (χ1v) is 7.33. The van der Waals surface area contributed by atoms with Crippen LogP contribution >= 0.6 is 0 Å². The fraction of sp³-hybridized carbons (Fsp3) is 0.118. The molecule has 7 heteroatoms. The Labute approximate surface area is 138 Å². The van der Waals surface area contributed by atoms with E-state index >= 15 is 0 Å². The van der Waals surface area contributed by atoms with Crippen LogP contribution in [-0.4, -0.2) is 11.0 Å². The predicted molar refractivity (Wildman–Crippen MR) is 93.4 cm³/mol. The molecule has 0 aromatic heterocycles. The van der Waals surface area contributed by atoms with Gasteiger partial charge in [0.25, 0.3) is 5.69 Å². The third-order valence-corrected chi connectivity index (χ3v) is 3.68. The van der Waals surface area contributed by atoms with Crippen LogP contribution in [0.3, 0.4) is 0 Å². The minimum atomic E-state index is -0.534. The minimum absolute atomic E-state index is 0.148. The van der Waals surface area contributed by atoms with Crippen LogP contribution in [-0.2, 0) is 6.42 Å². The predicted octanol–water partition coefficient (Wildman–Crippen LogP) is 4.03. The van der Waals surface area contributed by atoms with E-state index in [4.69, 9.17) is 0 Å². The fourth-order valence-corrected chi connectivity index (χ4v) is 2.60. The van der Waals surface area contributed by atoms with Crippen molar-refractivity contribution in [1.82, 2.24) is 0 Å². The fourth-order valence-electron chi connectivity index (χ4n) is 2.60. The maximum Gasteiger partial charge on any atom is 0.323 e. The summed E-state index contributed by atoms with van der Waals surface area (Å²) in [5.74, 6) is 0. The summed E-state index contributed by atoms with van der Waals surface area (Å²) in [4.78, 5) is 22.7. The summed E-state index contributed by atoms with van der Waals surface area (Å²) in [7, 11) is 0. The van der Waals surface area contributed by atoms with E-state index in [1.807, 2.05) is 12.1 Å². The van der Waals surface area contributed by atoms with Crippen molar-refractivity contribution in [3.05, 3.63) is 69.9 Å². The molecular weight excluding hydrogens is 308 g/mol. The highest BCUT2D eigenvalue weighted by Gasteiger charge is 2.17. The lowest BCUT2D eigenvalue weighted by atomic mass is 10.1. The van der Waals surface area contributed by atoms with E-state index in [1.54, 1.807) is 25.1 Å². The first-order valence-electron chi connectivity index (χ1n) is 7.33. The van der Waals surface area contributed by atoms with Crippen LogP contribution in [0.1, 0.15) is 11.1 Å². The third-order valence-electron chi connectivity index (χ3n) is 3.68. The van der Waals surface area contributed by atoms with Crippen LogP contribution in [0.2, 0.25) is 0 Å². The average molecular weight is 324 g/mol. The second kappa shape index (κ2) is 6.04. The van der Waals surface area contributed by atoms with E-state index in [0.29, 0.717) is 12.1 Å². The highest BCUT2D eigenvalue weighted by atomic mass is 16.6. The van der Waals surface area contributed by atoms with Gasteiger partial charge in [0.2, 0.25) is 0 Å². The number of fused-ring (bicyclic) bond motifs is 1. The number of carbonyl (C=O) groups is 1. The maximum absolute atomic E-state index is 12.2. The van der Waals surface area contributed by atoms with E-state index in [1.165, 1.54) is 6.07 Å². The molecule has 3 rings (SSSR count). The lowest BCUT2D eigenvalue weighted by molar-refractivity contribution is -0.383. The monoisotopic (exact) mass is 324 g/mol. The van der Waals surface area contributed by atoms with E-state index in [2.05, 4.69) is 22.5 Å². The van der Waals surface area contributed by atoms with E-state index in [0.717, 1.165) is 22.5 Å². The molecule has 3 N–H and O–H groups in total. The zero-order valence-electron chi connectivity index (χ0n) is 13.1. The Hall–Kier alpha value is -3.35. The maximum atomic E-state index is 12.2. The number of aryl methyl sites for hydroxylation is 1. The number of anilines is 3. The summed E-state index contributed by atoms with van der Waals surface area (Å²) in [5.41, 5.74) is 4.36. The summed E-state index contributed by atoms with van der Waals surface area (Å²) in [6, 6.07) is 9.50. The molecule has 0 atom stereocenters. The Morgan fingerprint density at radius 1 is 1.25 bits per heavy atom. The van der Waals surface area contributed by atoms with Crippen molar-refractivity contribution < 1.29 is 9.72 Å². The van der Waals surface area contributed by atoms with E-state index in [-0.39, 0.29) is 11.4 Å². The molecular formula is C17H16N4O3. The average Bonchev–Trinajstić information content (AvgIpc) is 2.86. The number of nitrogens with zero attached hydrogens (tertiary/aromatic N) is 1. The second-order valence-electron chi connectivity index (χ2n) is 5.63. The van der Waals surface area contributed by atoms with Gasteiger partial charge in [0.05, 0.1) is 4.92 Å². The number of allylic oxidation sites excluding steroid dienone is 1. The highest BCUT2D eigenvalue weighted by Crippen LogP contribution is 2.30. The number of nitrogens with one attached hydrogen (secondary N) is 3. The molecule has 24 heavy (non-hydrogen) atoms. The zero-order valence-corrected chi connectivity index (χ0v) is 13.1. The molecule has 2 amide bonds. The number of urea groups is 1. The number of hydrogen-bond acceptors (Lipinski definition) is 4. The summed E-state index contributed by atoms with van der Waals surface area (Å²) in [5, 5.41) is 19.4. The van der Waals surface area contributed by atoms with Gasteiger partial charge in [-0.1, -0.05) is 12.6 Å². The van der Waals surface area contributed by atoms with Crippen LogP contribution in [0.15, 0.2) is 48.7 Å². The molecule has 2 aromatic rings. The molecule has 0 bridgehead atoms. The zero-order chi connectivity index (χ0) is 17.3. The minimum Gasteiger partial charge on any atom is -0.359 e. The van der Waals surface area contributed by atoms with Gasteiger partial charge in [-0.3, -0.25) is 10.1 Å². The van der Waals surface area contributed by atoms with Crippen LogP contribution in [0.25, 0.3) is 0 Å². The van der Waals surface area contributed by atoms with Crippen LogP contribution in [0.5, 0.6) is 0 Å². The largest absolute Gasteiger partial charge is 0.359 e. The Bertz CT molecular complexity index is 861. The summed E-state index contributed by atoms with van der Waals surface area (Å²) < 4.78 is 0. The number of carbonyl (C=O) groups excluding carboxylic acids is 1. The van der Waals surface area contributed by atoms with Gasteiger partial charge in [0, 0.05) is 29.6 Å². The molecule has 0 radical (unpaired) electrons. The number of amides is 2. The number of nitro benzene ring substituents is 1. The number of benzene rings is 2. The van der Waals surface area contributed by atoms with E-state index < -0.39 is 11.0 Å². The van der Waals surface area contributed by atoms with Crippen molar-refractivity contribution in [3.63, 3.8) is 0 Å². The molecule has 1 aliphatic rings. The van der Waals surface area contributed by atoms with Gasteiger partial charge in [-0.15, -0.1) is 0 Å². The number of rotatable bonds is 3. The first-order chi connectivity index (χ1) is 11.4. The van der Waals surface area contributed by atoms with Crippen molar-refractivity contribution in [2.24, 2.45) is 0 Å². The molecule has 0 saturated carbocycles. The molecule has 7 nitrogen and oxygen atoms in total. The van der Waals surface area contributed by atoms with Crippen LogP contribution in [0, 0.1) is 17.0 Å². The van der Waals surface area contributed by atoms with Crippen LogP contribution < -0.4 is 16.0 Å². The lowest BCUT2D eigenvalue weighted by Gasteiger charge is -2.10. The Morgan fingerprint density at radius 3 is 2.79 bits per heavy atom. The molecule has 0 unspecified atom stereocenters. The molecule has 0 saturated heterocycles. The first kappa shape index (κ1) is 15.5. The van der Waals surface area contributed by atoms with Gasteiger partial charge in [0.15, 0.2) is 0 Å². The SMILES string of the molecule is C=C1Cc2cc(NC(=O)Nc3cc(C)ccc3[N+](=O)[O-])ccc2N1. The van der Waals surface area contributed by atoms with Crippen molar-refractivity contribution >= 4 is 28.8 Å². The number of hydrogen-bond donors (Lipinski definition) is 3. The van der Waals surface area contributed by atoms with E-state index in [9.17, 15) is 14.9 Å². The topological polar surface area (TPSA) is 96.3 Å². The summed E-state index contributed by atoms with van der Waals surface area (Å²) >= 11 is 0. The Morgan fingerprint density at radius 2 is 2.04 bits per heavy atom. The summed E-state index contributed by atoms with van der Waals surface area (Å²) in [6.07, 6.45) is 0.704.